The lowest BCUT2D eigenvalue weighted by Crippen LogP contribution is -2.03. The lowest BCUT2D eigenvalue weighted by Gasteiger charge is -2.15. The van der Waals surface area contributed by atoms with Gasteiger partial charge in [-0.25, -0.2) is 0 Å². The highest BCUT2D eigenvalue weighted by Crippen LogP contribution is 2.29. The van der Waals surface area contributed by atoms with Gasteiger partial charge in [0.05, 0.1) is 0 Å². The molecule has 0 atom stereocenters. The molecule has 3 aromatic rings. The Hall–Kier alpha value is -2.40. The van der Waals surface area contributed by atoms with Gasteiger partial charge in [-0.15, -0.1) is 0 Å². The van der Waals surface area contributed by atoms with Crippen molar-refractivity contribution in [3.63, 3.8) is 0 Å². The van der Waals surface area contributed by atoms with Crippen molar-refractivity contribution >= 4 is 28.7 Å². The van der Waals surface area contributed by atoms with Crippen LogP contribution in [0.4, 0.5) is 0 Å². The summed E-state index contributed by atoms with van der Waals surface area (Å²) in [4.78, 5) is 10.9. The zero-order chi connectivity index (χ0) is 21.7. The molecule has 4 nitrogen and oxygen atoms in total. The zero-order valence-electron chi connectivity index (χ0n) is 18.2. The van der Waals surface area contributed by atoms with Gasteiger partial charge in [-0.1, -0.05) is 6.07 Å². The number of carbonyl (C=O) groups is 1. The number of ether oxygens (including phenoxy) is 1. The summed E-state index contributed by atoms with van der Waals surface area (Å²) in [5.74, 6) is 2.11. The van der Waals surface area contributed by atoms with Crippen LogP contribution in [0.5, 0.6) is 5.75 Å². The van der Waals surface area contributed by atoms with Gasteiger partial charge in [0.2, 0.25) is 0 Å². The van der Waals surface area contributed by atoms with E-state index in [1.165, 1.54) is 5.56 Å². The molecule has 30 heavy (non-hydrogen) atoms. The fourth-order valence-corrected chi connectivity index (χ4v) is 4.20. The van der Waals surface area contributed by atoms with Crippen molar-refractivity contribution < 1.29 is 19.1 Å². The molecule has 1 heterocycles. The van der Waals surface area contributed by atoms with Crippen LogP contribution in [0, 0.1) is 20.8 Å². The highest BCUT2D eigenvalue weighted by molar-refractivity contribution is 7.98. The Kier molecular flexibility index (Phi) is 7.48. The van der Waals surface area contributed by atoms with Crippen molar-refractivity contribution in [3.8, 4) is 5.75 Å². The lowest BCUT2D eigenvalue weighted by atomic mass is 9.99. The van der Waals surface area contributed by atoms with Crippen molar-refractivity contribution in [2.75, 3.05) is 12.0 Å². The van der Waals surface area contributed by atoms with Crippen LogP contribution >= 0.6 is 11.8 Å². The van der Waals surface area contributed by atoms with Crippen molar-refractivity contribution in [3.05, 3.63) is 63.9 Å². The number of hydrogen-bond donors (Lipinski definition) is 1. The Balaban J connectivity index is 1.80. The average Bonchev–Trinajstić information content (AvgIpc) is 3.08. The van der Waals surface area contributed by atoms with Crippen LogP contribution in [0.2, 0.25) is 0 Å². The summed E-state index contributed by atoms with van der Waals surface area (Å²) in [5.41, 5.74) is 6.48. The van der Waals surface area contributed by atoms with E-state index in [4.69, 9.17) is 14.3 Å². The number of rotatable bonds is 10. The second-order valence-corrected chi connectivity index (χ2v) is 8.77. The molecule has 3 rings (SSSR count). The Morgan fingerprint density at radius 1 is 1.07 bits per heavy atom. The molecular weight excluding hydrogens is 396 g/mol. The van der Waals surface area contributed by atoms with E-state index in [0.29, 0.717) is 13.0 Å². The minimum absolute atomic E-state index is 0.139. The third-order valence-electron chi connectivity index (χ3n) is 5.53. The molecule has 5 heteroatoms. The topological polar surface area (TPSA) is 59.7 Å². The van der Waals surface area contributed by atoms with Crippen LogP contribution in [-0.2, 0) is 24.2 Å². The normalized spacial score (nSPS) is 11.2. The molecule has 0 bridgehead atoms. The summed E-state index contributed by atoms with van der Waals surface area (Å²) in [6, 6.07) is 10.4. The van der Waals surface area contributed by atoms with Crippen LogP contribution in [0.25, 0.3) is 11.0 Å². The van der Waals surface area contributed by atoms with Crippen LogP contribution in [0.15, 0.2) is 34.7 Å². The molecule has 0 fully saturated rings. The number of aryl methyl sites for hydroxylation is 3. The summed E-state index contributed by atoms with van der Waals surface area (Å²) in [6.07, 6.45) is 5.01. The van der Waals surface area contributed by atoms with Gasteiger partial charge in [-0.05, 0) is 98.6 Å². The summed E-state index contributed by atoms with van der Waals surface area (Å²) >= 11 is 1.87. The number of benzene rings is 2. The molecule has 0 saturated heterocycles. The first-order valence-corrected chi connectivity index (χ1v) is 11.7. The smallest absolute Gasteiger partial charge is 0.303 e. The lowest BCUT2D eigenvalue weighted by molar-refractivity contribution is -0.136. The van der Waals surface area contributed by atoms with Crippen molar-refractivity contribution in [2.24, 2.45) is 0 Å². The van der Waals surface area contributed by atoms with Gasteiger partial charge in [0.25, 0.3) is 0 Å². The van der Waals surface area contributed by atoms with E-state index < -0.39 is 5.97 Å². The molecule has 1 aromatic heterocycles. The largest absolute Gasteiger partial charge is 0.488 e. The number of carboxylic acid groups (broad SMARTS) is 1. The summed E-state index contributed by atoms with van der Waals surface area (Å²) in [7, 11) is 0. The van der Waals surface area contributed by atoms with E-state index in [0.717, 1.165) is 63.3 Å². The van der Waals surface area contributed by atoms with Gasteiger partial charge in [0.15, 0.2) is 0 Å². The fraction of sp³-hybridized carbons (Fsp3) is 0.400. The number of fused-ring (bicyclic) bond motifs is 1. The third kappa shape index (κ3) is 5.39. The predicted octanol–water partition coefficient (Wildman–Crippen LogP) is 6.25. The van der Waals surface area contributed by atoms with Crippen molar-refractivity contribution in [2.45, 2.75) is 53.1 Å². The maximum Gasteiger partial charge on any atom is 0.303 e. The number of hydrogen-bond acceptors (Lipinski definition) is 4. The minimum Gasteiger partial charge on any atom is -0.488 e. The second kappa shape index (κ2) is 10.1. The molecule has 0 spiro atoms. The van der Waals surface area contributed by atoms with E-state index in [1.54, 1.807) is 0 Å². The Morgan fingerprint density at radius 2 is 1.87 bits per heavy atom. The van der Waals surface area contributed by atoms with Crippen LogP contribution < -0.4 is 4.74 Å². The molecule has 160 valence electrons. The number of thioether (sulfide) groups is 1. The number of furan rings is 1. The molecule has 1 N–H and O–H groups in total. The van der Waals surface area contributed by atoms with E-state index in [9.17, 15) is 4.79 Å². The van der Waals surface area contributed by atoms with Crippen LogP contribution in [0.3, 0.4) is 0 Å². The monoisotopic (exact) mass is 426 g/mol. The Morgan fingerprint density at radius 3 is 2.60 bits per heavy atom. The van der Waals surface area contributed by atoms with Gasteiger partial charge < -0.3 is 14.3 Å². The molecule has 0 saturated carbocycles. The third-order valence-corrected chi connectivity index (χ3v) is 6.23. The first-order valence-electron chi connectivity index (χ1n) is 10.3. The quantitative estimate of drug-likeness (QED) is 0.388. The average molecular weight is 427 g/mol. The van der Waals surface area contributed by atoms with Crippen LogP contribution in [-0.4, -0.2) is 23.1 Å². The van der Waals surface area contributed by atoms with E-state index in [-0.39, 0.29) is 6.42 Å². The molecule has 0 radical (unpaired) electrons. The van der Waals surface area contributed by atoms with E-state index in [2.05, 4.69) is 24.5 Å². The summed E-state index contributed by atoms with van der Waals surface area (Å²) in [6.45, 7) is 6.47. The summed E-state index contributed by atoms with van der Waals surface area (Å²) < 4.78 is 12.2. The number of aliphatic carboxylic acids is 1. The second-order valence-electron chi connectivity index (χ2n) is 7.78. The van der Waals surface area contributed by atoms with Crippen molar-refractivity contribution in [1.82, 2.24) is 0 Å². The van der Waals surface area contributed by atoms with Crippen LogP contribution in [0.1, 0.15) is 46.4 Å². The SMILES string of the molecule is CSCCCc1cc(COc2ccc(CCC(=O)O)c(C)c2C)c2oc(C)cc2c1. The molecule has 0 aliphatic rings. The molecule has 0 aliphatic heterocycles. The molecule has 0 unspecified atom stereocenters. The molecule has 0 aliphatic carbocycles. The van der Waals surface area contributed by atoms with Gasteiger partial charge in [-0.3, -0.25) is 4.79 Å². The van der Waals surface area contributed by atoms with E-state index in [1.807, 2.05) is 44.7 Å². The Labute approximate surface area is 182 Å². The highest BCUT2D eigenvalue weighted by Gasteiger charge is 2.13. The Bertz CT molecular complexity index is 1040. The van der Waals surface area contributed by atoms with Gasteiger partial charge in [0.1, 0.15) is 23.7 Å². The summed E-state index contributed by atoms with van der Waals surface area (Å²) in [5, 5.41) is 10.1. The first-order chi connectivity index (χ1) is 14.4. The zero-order valence-corrected chi connectivity index (χ0v) is 19.0. The van der Waals surface area contributed by atoms with Crippen molar-refractivity contribution in [1.29, 1.82) is 0 Å². The highest BCUT2D eigenvalue weighted by atomic mass is 32.2. The van der Waals surface area contributed by atoms with Gasteiger partial charge >= 0.3 is 5.97 Å². The maximum atomic E-state index is 10.9. The first kappa shape index (κ1) is 22.3. The maximum absolute atomic E-state index is 10.9. The molecule has 0 amide bonds. The fourth-order valence-electron chi connectivity index (χ4n) is 3.77. The predicted molar refractivity (Wildman–Crippen MR) is 124 cm³/mol. The molecule has 2 aromatic carbocycles. The molecular formula is C25H30O4S. The van der Waals surface area contributed by atoms with E-state index >= 15 is 0 Å². The minimum atomic E-state index is -0.775. The van der Waals surface area contributed by atoms with Gasteiger partial charge in [0, 0.05) is 17.4 Å². The van der Waals surface area contributed by atoms with Gasteiger partial charge in [-0.2, -0.15) is 11.8 Å². The number of carboxylic acids is 1. The standard InChI is InChI=1S/C25H30O4S/c1-16-12-21-13-19(6-5-11-30-4)14-22(25(21)29-16)15-28-23-9-7-20(8-10-24(26)27)17(2)18(23)3/h7,9,12-14H,5-6,8,10-11,15H2,1-4H3,(H,26,27).